The topological polar surface area (TPSA) is 85.2 Å². The maximum Gasteiger partial charge on any atom is 0.240 e. The maximum absolute atomic E-state index is 12.6. The third kappa shape index (κ3) is 5.85. The fourth-order valence-corrected chi connectivity index (χ4v) is 4.69. The van der Waals surface area contributed by atoms with E-state index in [0.717, 1.165) is 74.8 Å². The van der Waals surface area contributed by atoms with Crippen molar-refractivity contribution < 1.29 is 14.3 Å². The monoisotopic (exact) mass is 426 g/mol. The molecule has 2 aliphatic rings. The van der Waals surface area contributed by atoms with E-state index in [1.54, 1.807) is 0 Å². The van der Waals surface area contributed by atoms with E-state index in [1.165, 1.54) is 6.42 Å². The molecule has 1 saturated carbocycles. The number of fused-ring (bicyclic) bond motifs is 1. The van der Waals surface area contributed by atoms with Crippen molar-refractivity contribution in [1.82, 2.24) is 20.2 Å². The average molecular weight is 427 g/mol. The van der Waals surface area contributed by atoms with Crippen LogP contribution in [-0.4, -0.2) is 47.2 Å². The number of carbonyl (C=O) groups is 2. The molecule has 0 bridgehead atoms. The largest absolute Gasteiger partial charge is 0.376 e. The van der Waals surface area contributed by atoms with E-state index in [0.29, 0.717) is 13.1 Å². The highest BCUT2D eigenvalue weighted by atomic mass is 16.5. The summed E-state index contributed by atoms with van der Waals surface area (Å²) in [6.07, 6.45) is 9.34. The van der Waals surface area contributed by atoms with Crippen LogP contribution in [0.25, 0.3) is 11.0 Å². The zero-order valence-corrected chi connectivity index (χ0v) is 18.3. The van der Waals surface area contributed by atoms with E-state index in [9.17, 15) is 9.59 Å². The molecule has 4 rings (SSSR count). The summed E-state index contributed by atoms with van der Waals surface area (Å²) in [5.41, 5.74) is 1.87. The highest BCUT2D eigenvalue weighted by Crippen LogP contribution is 2.23. The lowest BCUT2D eigenvalue weighted by atomic mass is 9.89. The van der Waals surface area contributed by atoms with Crippen molar-refractivity contribution in [1.29, 1.82) is 0 Å². The van der Waals surface area contributed by atoms with E-state index < -0.39 is 0 Å². The molecule has 1 aliphatic heterocycles. The molecule has 7 heteroatoms. The molecular formula is C24H34N4O3. The Labute approximate surface area is 183 Å². The number of hydrogen-bond donors (Lipinski definition) is 2. The predicted molar refractivity (Wildman–Crippen MR) is 120 cm³/mol. The Balaban J connectivity index is 1.32. The highest BCUT2D eigenvalue weighted by molar-refractivity contribution is 5.81. The van der Waals surface area contributed by atoms with Gasteiger partial charge in [-0.3, -0.25) is 9.59 Å². The van der Waals surface area contributed by atoms with Gasteiger partial charge in [-0.05, 0) is 44.2 Å². The SMILES string of the molecule is O=C(Cn1c(CCCNC(=O)C2CCCCC2)nc2ccccc21)NCC1CCCO1. The van der Waals surface area contributed by atoms with E-state index in [2.05, 4.69) is 10.6 Å². The Morgan fingerprint density at radius 2 is 1.90 bits per heavy atom. The molecule has 7 nitrogen and oxygen atoms in total. The molecule has 2 heterocycles. The van der Waals surface area contributed by atoms with E-state index >= 15 is 0 Å². The number of ether oxygens (including phenoxy) is 1. The Bertz CT molecular complexity index is 882. The Morgan fingerprint density at radius 1 is 1.06 bits per heavy atom. The van der Waals surface area contributed by atoms with Crippen LogP contribution in [0.3, 0.4) is 0 Å². The van der Waals surface area contributed by atoms with Crippen LogP contribution in [0.15, 0.2) is 24.3 Å². The molecule has 2 N–H and O–H groups in total. The van der Waals surface area contributed by atoms with Gasteiger partial charge in [0.25, 0.3) is 0 Å². The molecule has 1 aromatic carbocycles. The summed E-state index contributed by atoms with van der Waals surface area (Å²) in [6.45, 7) is 2.24. The van der Waals surface area contributed by atoms with Gasteiger partial charge < -0.3 is 19.9 Å². The summed E-state index contributed by atoms with van der Waals surface area (Å²) in [4.78, 5) is 29.7. The smallest absolute Gasteiger partial charge is 0.240 e. The van der Waals surface area contributed by atoms with Gasteiger partial charge in [-0.25, -0.2) is 4.98 Å². The molecule has 0 radical (unpaired) electrons. The van der Waals surface area contributed by atoms with Crippen LogP contribution in [-0.2, 0) is 27.3 Å². The van der Waals surface area contributed by atoms with Crippen LogP contribution >= 0.6 is 0 Å². The van der Waals surface area contributed by atoms with Gasteiger partial charge in [0.05, 0.1) is 17.1 Å². The minimum atomic E-state index is -0.0227. The van der Waals surface area contributed by atoms with Crippen LogP contribution in [0.4, 0.5) is 0 Å². The normalized spacial score (nSPS) is 19.5. The summed E-state index contributed by atoms with van der Waals surface area (Å²) in [6, 6.07) is 7.92. The average Bonchev–Trinajstić information content (AvgIpc) is 3.44. The molecule has 1 unspecified atom stereocenters. The van der Waals surface area contributed by atoms with Gasteiger partial charge in [-0.1, -0.05) is 31.4 Å². The standard InChI is InChI=1S/C24H34N4O3/c29-23(26-16-19-10-7-15-31-19)17-28-21-12-5-4-11-20(21)27-22(28)13-6-14-25-24(30)18-8-2-1-3-9-18/h4-5,11-12,18-19H,1-3,6-10,13-17H2,(H,25,30)(H,26,29). The van der Waals surface area contributed by atoms with Crippen LogP contribution in [0.1, 0.15) is 57.2 Å². The highest BCUT2D eigenvalue weighted by Gasteiger charge is 2.21. The second kappa shape index (κ2) is 10.8. The third-order valence-corrected chi connectivity index (χ3v) is 6.44. The number of aromatic nitrogens is 2. The molecule has 2 amide bonds. The fraction of sp³-hybridized carbons (Fsp3) is 0.625. The summed E-state index contributed by atoms with van der Waals surface area (Å²) >= 11 is 0. The fourth-order valence-electron chi connectivity index (χ4n) is 4.69. The molecular weight excluding hydrogens is 392 g/mol. The van der Waals surface area contributed by atoms with Gasteiger partial charge in [0.15, 0.2) is 0 Å². The molecule has 1 atom stereocenters. The Kier molecular flexibility index (Phi) is 7.57. The first-order valence-electron chi connectivity index (χ1n) is 11.8. The second-order valence-corrected chi connectivity index (χ2v) is 8.77. The number of nitrogens with one attached hydrogen (secondary N) is 2. The lowest BCUT2D eigenvalue weighted by molar-refractivity contribution is -0.126. The number of hydrogen-bond acceptors (Lipinski definition) is 4. The molecule has 2 fully saturated rings. The predicted octanol–water partition coefficient (Wildman–Crippen LogP) is 2.96. The second-order valence-electron chi connectivity index (χ2n) is 8.77. The Morgan fingerprint density at radius 3 is 2.71 bits per heavy atom. The number of carbonyl (C=O) groups excluding carboxylic acids is 2. The van der Waals surface area contributed by atoms with Crippen LogP contribution in [0.2, 0.25) is 0 Å². The number of benzene rings is 1. The summed E-state index contributed by atoms with van der Waals surface area (Å²) < 4.78 is 7.60. The number of nitrogens with zero attached hydrogens (tertiary/aromatic N) is 2. The number of para-hydroxylation sites is 2. The van der Waals surface area contributed by atoms with Gasteiger partial charge in [0, 0.05) is 32.0 Å². The van der Waals surface area contributed by atoms with Crippen molar-refractivity contribution in [2.45, 2.75) is 70.4 Å². The summed E-state index contributed by atoms with van der Waals surface area (Å²) in [5.74, 6) is 1.25. The number of aryl methyl sites for hydroxylation is 1. The molecule has 168 valence electrons. The molecule has 0 spiro atoms. The Hall–Kier alpha value is -2.41. The van der Waals surface area contributed by atoms with E-state index in [1.807, 2.05) is 28.8 Å². The summed E-state index contributed by atoms with van der Waals surface area (Å²) in [7, 11) is 0. The quantitative estimate of drug-likeness (QED) is 0.604. The van der Waals surface area contributed by atoms with Crippen molar-refractivity contribution in [2.75, 3.05) is 19.7 Å². The first-order chi connectivity index (χ1) is 15.2. The third-order valence-electron chi connectivity index (χ3n) is 6.44. The van der Waals surface area contributed by atoms with E-state index in [4.69, 9.17) is 9.72 Å². The summed E-state index contributed by atoms with van der Waals surface area (Å²) in [5, 5.41) is 6.10. The first kappa shape index (κ1) is 21.8. The number of rotatable bonds is 9. The van der Waals surface area contributed by atoms with Crippen LogP contribution in [0.5, 0.6) is 0 Å². The van der Waals surface area contributed by atoms with Crippen LogP contribution < -0.4 is 10.6 Å². The van der Waals surface area contributed by atoms with Crippen molar-refractivity contribution in [3.05, 3.63) is 30.1 Å². The molecule has 1 saturated heterocycles. The van der Waals surface area contributed by atoms with Gasteiger partial charge in [0.1, 0.15) is 12.4 Å². The van der Waals surface area contributed by atoms with Crippen LogP contribution in [0, 0.1) is 5.92 Å². The number of amides is 2. The number of imidazole rings is 1. The lowest BCUT2D eigenvalue weighted by Gasteiger charge is -2.20. The zero-order valence-electron chi connectivity index (χ0n) is 18.3. The van der Waals surface area contributed by atoms with Gasteiger partial charge in [-0.15, -0.1) is 0 Å². The minimum Gasteiger partial charge on any atom is -0.376 e. The molecule has 31 heavy (non-hydrogen) atoms. The van der Waals surface area contributed by atoms with Crippen molar-refractivity contribution >= 4 is 22.8 Å². The maximum atomic E-state index is 12.6. The van der Waals surface area contributed by atoms with Gasteiger partial charge in [-0.2, -0.15) is 0 Å². The first-order valence-corrected chi connectivity index (χ1v) is 11.8. The minimum absolute atomic E-state index is 0.0227. The zero-order chi connectivity index (χ0) is 21.5. The van der Waals surface area contributed by atoms with Gasteiger partial charge >= 0.3 is 0 Å². The van der Waals surface area contributed by atoms with Crippen molar-refractivity contribution in [2.24, 2.45) is 5.92 Å². The molecule has 1 aliphatic carbocycles. The molecule has 2 aromatic rings. The van der Waals surface area contributed by atoms with Crippen molar-refractivity contribution in [3.8, 4) is 0 Å². The molecule has 1 aromatic heterocycles. The lowest BCUT2D eigenvalue weighted by Crippen LogP contribution is -2.34. The van der Waals surface area contributed by atoms with E-state index in [-0.39, 0.29) is 30.4 Å². The van der Waals surface area contributed by atoms with Gasteiger partial charge in [0.2, 0.25) is 11.8 Å². The van der Waals surface area contributed by atoms with Crippen molar-refractivity contribution in [3.63, 3.8) is 0 Å².